The van der Waals surface area contributed by atoms with Crippen LogP contribution in [0, 0.1) is 28.6 Å². The molecule has 0 heterocycles. The molecule has 0 aromatic carbocycles. The zero-order valence-corrected chi connectivity index (χ0v) is 11.2. The minimum atomic E-state index is -0.443. The Bertz CT molecular complexity index is 317. The molecule has 2 bridgehead atoms. The van der Waals surface area contributed by atoms with Crippen LogP contribution in [0.3, 0.4) is 0 Å². The molecule has 5 atom stereocenters. The molecule has 3 rings (SSSR count). The summed E-state index contributed by atoms with van der Waals surface area (Å²) in [6.07, 6.45) is 6.67. The van der Waals surface area contributed by atoms with Gasteiger partial charge in [0.1, 0.15) is 0 Å². The molecule has 3 aliphatic rings. The predicted molar refractivity (Wildman–Crippen MR) is 66.1 cm³/mol. The van der Waals surface area contributed by atoms with Gasteiger partial charge in [-0.2, -0.15) is 0 Å². The van der Waals surface area contributed by atoms with E-state index >= 15 is 0 Å². The summed E-state index contributed by atoms with van der Waals surface area (Å²) in [5.41, 5.74) is 0.259. The maximum absolute atomic E-state index is 10.9. The first-order valence-corrected chi connectivity index (χ1v) is 7.05. The van der Waals surface area contributed by atoms with Crippen LogP contribution < -0.4 is 0 Å². The maximum atomic E-state index is 10.9. The van der Waals surface area contributed by atoms with Crippen LogP contribution >= 0.6 is 0 Å². The summed E-state index contributed by atoms with van der Waals surface area (Å²) in [5.74, 6) is 2.20. The maximum Gasteiger partial charge on any atom is 0.0701 e. The molecular formula is C15H26O. The fraction of sp³-hybridized carbons (Fsp3) is 1.00. The average Bonchev–Trinajstić information content (AvgIpc) is 2.73. The molecule has 0 unspecified atom stereocenters. The van der Waals surface area contributed by atoms with Crippen molar-refractivity contribution in [1.29, 1.82) is 0 Å². The molecular weight excluding hydrogens is 196 g/mol. The molecule has 0 saturated heterocycles. The van der Waals surface area contributed by atoms with Gasteiger partial charge in [0.25, 0.3) is 0 Å². The minimum Gasteiger partial charge on any atom is -0.389 e. The van der Waals surface area contributed by atoms with E-state index in [0.29, 0.717) is 11.3 Å². The molecule has 0 aromatic heterocycles. The van der Waals surface area contributed by atoms with E-state index in [1.165, 1.54) is 32.1 Å². The standard InChI is InChI=1S/C15H26O/c1-10-5-6-12-13(2,3)14(4,16)11-7-8-15(10,12)9-11/h10-12,16H,5-9H2,1-4H3/t10-,11+,12-,14-,15-/m0/s1. The van der Waals surface area contributed by atoms with Crippen LogP contribution in [0.5, 0.6) is 0 Å². The Morgan fingerprint density at radius 3 is 2.44 bits per heavy atom. The third-order valence-electron chi connectivity index (χ3n) is 7.12. The van der Waals surface area contributed by atoms with Crippen LogP contribution in [0.15, 0.2) is 0 Å². The molecule has 3 fully saturated rings. The van der Waals surface area contributed by atoms with Gasteiger partial charge in [-0.1, -0.05) is 20.8 Å². The molecule has 0 aromatic rings. The molecule has 92 valence electrons. The van der Waals surface area contributed by atoms with Gasteiger partial charge < -0.3 is 5.11 Å². The molecule has 0 radical (unpaired) electrons. The first kappa shape index (κ1) is 11.1. The summed E-state index contributed by atoms with van der Waals surface area (Å²) in [7, 11) is 0. The highest BCUT2D eigenvalue weighted by Gasteiger charge is 2.67. The lowest BCUT2D eigenvalue weighted by atomic mass is 9.50. The van der Waals surface area contributed by atoms with Crippen molar-refractivity contribution in [3.05, 3.63) is 0 Å². The van der Waals surface area contributed by atoms with E-state index in [0.717, 1.165) is 11.8 Å². The fourth-order valence-corrected chi connectivity index (χ4v) is 5.64. The van der Waals surface area contributed by atoms with E-state index in [2.05, 4.69) is 27.7 Å². The summed E-state index contributed by atoms with van der Waals surface area (Å²) in [6, 6.07) is 0. The van der Waals surface area contributed by atoms with Crippen molar-refractivity contribution >= 4 is 0 Å². The van der Waals surface area contributed by atoms with Crippen LogP contribution in [0.2, 0.25) is 0 Å². The van der Waals surface area contributed by atoms with E-state index in [4.69, 9.17) is 0 Å². The average molecular weight is 222 g/mol. The predicted octanol–water partition coefficient (Wildman–Crippen LogP) is 3.61. The van der Waals surface area contributed by atoms with E-state index in [1.54, 1.807) is 0 Å². The van der Waals surface area contributed by atoms with Gasteiger partial charge in [0.15, 0.2) is 0 Å². The zero-order valence-electron chi connectivity index (χ0n) is 11.2. The summed E-state index contributed by atoms with van der Waals surface area (Å²) in [4.78, 5) is 0. The minimum absolute atomic E-state index is 0.108. The molecule has 1 heteroatoms. The first-order valence-electron chi connectivity index (χ1n) is 7.05. The Labute approximate surface area is 99.6 Å². The van der Waals surface area contributed by atoms with Crippen LogP contribution in [-0.4, -0.2) is 10.7 Å². The molecule has 3 aliphatic carbocycles. The summed E-state index contributed by atoms with van der Waals surface area (Å²) in [6.45, 7) is 9.21. The lowest BCUT2D eigenvalue weighted by molar-refractivity contribution is -0.171. The quantitative estimate of drug-likeness (QED) is 0.664. The summed E-state index contributed by atoms with van der Waals surface area (Å²) >= 11 is 0. The molecule has 1 nitrogen and oxygen atoms in total. The Balaban J connectivity index is 2.10. The van der Waals surface area contributed by atoms with Gasteiger partial charge in [-0.15, -0.1) is 0 Å². The SMILES string of the molecule is C[C@H]1CC[C@H]2C(C)(C)[C@@](C)(O)[C@@H]3CC[C@]12C3. The highest BCUT2D eigenvalue weighted by Crippen LogP contribution is 2.71. The first-order chi connectivity index (χ1) is 7.32. The number of hydrogen-bond donors (Lipinski definition) is 1. The van der Waals surface area contributed by atoms with Crippen molar-refractivity contribution in [2.75, 3.05) is 0 Å². The monoisotopic (exact) mass is 222 g/mol. The fourth-order valence-electron chi connectivity index (χ4n) is 5.64. The van der Waals surface area contributed by atoms with E-state index in [-0.39, 0.29) is 5.41 Å². The normalized spacial score (nSPS) is 58.7. The highest BCUT2D eigenvalue weighted by atomic mass is 16.3. The van der Waals surface area contributed by atoms with Crippen LogP contribution in [0.4, 0.5) is 0 Å². The van der Waals surface area contributed by atoms with Gasteiger partial charge in [0.05, 0.1) is 5.60 Å². The van der Waals surface area contributed by atoms with Crippen molar-refractivity contribution in [3.8, 4) is 0 Å². The molecule has 3 saturated carbocycles. The third-order valence-corrected chi connectivity index (χ3v) is 7.12. The molecule has 16 heavy (non-hydrogen) atoms. The number of aliphatic hydroxyl groups is 1. The van der Waals surface area contributed by atoms with Crippen molar-refractivity contribution in [2.45, 2.75) is 65.4 Å². The van der Waals surface area contributed by atoms with Crippen LogP contribution in [-0.2, 0) is 0 Å². The Morgan fingerprint density at radius 1 is 1.06 bits per heavy atom. The summed E-state index contributed by atoms with van der Waals surface area (Å²) < 4.78 is 0. The molecule has 1 N–H and O–H groups in total. The van der Waals surface area contributed by atoms with Gasteiger partial charge in [-0.25, -0.2) is 0 Å². The second kappa shape index (κ2) is 2.85. The second-order valence-electron chi connectivity index (χ2n) is 7.57. The largest absolute Gasteiger partial charge is 0.389 e. The van der Waals surface area contributed by atoms with Crippen molar-refractivity contribution in [1.82, 2.24) is 0 Å². The van der Waals surface area contributed by atoms with Crippen LogP contribution in [0.25, 0.3) is 0 Å². The molecule has 0 aliphatic heterocycles. The van der Waals surface area contributed by atoms with Crippen LogP contribution in [0.1, 0.15) is 59.8 Å². The zero-order chi connectivity index (χ0) is 11.8. The van der Waals surface area contributed by atoms with Gasteiger partial charge in [-0.3, -0.25) is 0 Å². The lowest BCUT2D eigenvalue weighted by Crippen LogP contribution is -2.57. The molecule has 0 amide bonds. The van der Waals surface area contributed by atoms with Gasteiger partial charge in [-0.05, 0) is 67.6 Å². The second-order valence-corrected chi connectivity index (χ2v) is 7.57. The Kier molecular flexibility index (Phi) is 1.98. The smallest absolute Gasteiger partial charge is 0.0701 e. The summed E-state index contributed by atoms with van der Waals surface area (Å²) in [5, 5.41) is 10.9. The molecule has 1 spiro atoms. The Morgan fingerprint density at radius 2 is 1.75 bits per heavy atom. The van der Waals surface area contributed by atoms with E-state index in [1.807, 2.05) is 0 Å². The van der Waals surface area contributed by atoms with Gasteiger partial charge >= 0.3 is 0 Å². The number of fused-ring (bicyclic) bond motifs is 1. The van der Waals surface area contributed by atoms with Crippen molar-refractivity contribution in [3.63, 3.8) is 0 Å². The van der Waals surface area contributed by atoms with Gasteiger partial charge in [0, 0.05) is 0 Å². The highest BCUT2D eigenvalue weighted by molar-refractivity contribution is 5.17. The topological polar surface area (TPSA) is 20.2 Å². The lowest BCUT2D eigenvalue weighted by Gasteiger charge is -2.57. The van der Waals surface area contributed by atoms with Crippen molar-refractivity contribution < 1.29 is 5.11 Å². The van der Waals surface area contributed by atoms with Gasteiger partial charge in [0.2, 0.25) is 0 Å². The van der Waals surface area contributed by atoms with Crippen molar-refractivity contribution in [2.24, 2.45) is 28.6 Å². The Hall–Kier alpha value is -0.0400. The number of rotatable bonds is 0. The number of hydrogen-bond acceptors (Lipinski definition) is 1. The third kappa shape index (κ3) is 0.978. The van der Waals surface area contributed by atoms with E-state index in [9.17, 15) is 5.11 Å². The van der Waals surface area contributed by atoms with E-state index < -0.39 is 5.60 Å².